The van der Waals surface area contributed by atoms with Crippen LogP contribution in [0.5, 0.6) is 17.2 Å². The zero-order valence-corrected chi connectivity index (χ0v) is 21.2. The van der Waals surface area contributed by atoms with Crippen molar-refractivity contribution in [3.05, 3.63) is 89.7 Å². The van der Waals surface area contributed by atoms with E-state index in [-0.39, 0.29) is 5.91 Å². The van der Waals surface area contributed by atoms with E-state index in [2.05, 4.69) is 27.3 Å². The first kappa shape index (κ1) is 24.6. The number of amides is 1. The fourth-order valence-electron chi connectivity index (χ4n) is 4.74. The minimum atomic E-state index is -0.232. The Kier molecular flexibility index (Phi) is 7.51. The van der Waals surface area contributed by atoms with Crippen molar-refractivity contribution in [2.75, 3.05) is 39.2 Å². The number of nitrogens with one attached hydrogen (secondary N) is 1. The number of carbonyl (C=O) groups excluding carboxylic acids is 1. The Bertz CT molecular complexity index is 1380. The van der Waals surface area contributed by atoms with Gasteiger partial charge < -0.3 is 19.5 Å². The Hall–Kier alpha value is -4.10. The lowest BCUT2D eigenvalue weighted by Crippen LogP contribution is -2.32. The Morgan fingerprint density at radius 1 is 0.973 bits per heavy atom. The third-order valence-corrected chi connectivity index (χ3v) is 6.69. The molecule has 0 atom stereocenters. The first-order chi connectivity index (χ1) is 18.1. The largest absolute Gasteiger partial charge is 0.494 e. The minimum Gasteiger partial charge on any atom is -0.494 e. The molecule has 0 spiro atoms. The van der Waals surface area contributed by atoms with Gasteiger partial charge >= 0.3 is 0 Å². The number of hydrogen-bond acceptors (Lipinski definition) is 6. The van der Waals surface area contributed by atoms with E-state index < -0.39 is 0 Å². The van der Waals surface area contributed by atoms with Crippen molar-refractivity contribution in [1.29, 1.82) is 0 Å². The lowest BCUT2D eigenvalue weighted by Gasteiger charge is -2.29. The van der Waals surface area contributed by atoms with Crippen molar-refractivity contribution in [1.82, 2.24) is 9.88 Å². The lowest BCUT2D eigenvalue weighted by atomic mass is 9.98. The molecule has 37 heavy (non-hydrogen) atoms. The van der Waals surface area contributed by atoms with Crippen LogP contribution in [0.3, 0.4) is 0 Å². The number of nitrogens with zero attached hydrogens (tertiary/aromatic N) is 2. The van der Waals surface area contributed by atoms with Crippen LogP contribution in [0.1, 0.15) is 28.0 Å². The van der Waals surface area contributed by atoms with Crippen LogP contribution in [0.15, 0.2) is 72.9 Å². The van der Waals surface area contributed by atoms with Crippen molar-refractivity contribution in [2.45, 2.75) is 19.4 Å². The summed E-state index contributed by atoms with van der Waals surface area (Å²) in [6, 6.07) is 21.3. The summed E-state index contributed by atoms with van der Waals surface area (Å²) in [4.78, 5) is 19.5. The molecular formula is C30H31N3O4. The summed E-state index contributed by atoms with van der Waals surface area (Å²) in [6.45, 7) is 3.50. The fourth-order valence-corrected chi connectivity index (χ4v) is 4.74. The normalized spacial score (nSPS) is 13.1. The van der Waals surface area contributed by atoms with E-state index in [1.54, 1.807) is 20.4 Å². The second kappa shape index (κ2) is 11.3. The highest BCUT2D eigenvalue weighted by atomic mass is 16.5. The molecule has 5 rings (SSSR count). The zero-order valence-electron chi connectivity index (χ0n) is 21.2. The van der Waals surface area contributed by atoms with E-state index in [1.807, 2.05) is 54.6 Å². The van der Waals surface area contributed by atoms with E-state index in [1.165, 1.54) is 11.1 Å². The molecule has 1 aliphatic heterocycles. The van der Waals surface area contributed by atoms with Gasteiger partial charge in [0.15, 0.2) is 11.5 Å². The van der Waals surface area contributed by atoms with E-state index in [9.17, 15) is 4.79 Å². The van der Waals surface area contributed by atoms with Crippen molar-refractivity contribution in [3.8, 4) is 17.2 Å². The average Bonchev–Trinajstić information content (AvgIpc) is 2.95. The van der Waals surface area contributed by atoms with Gasteiger partial charge in [-0.05, 0) is 71.8 Å². The molecule has 0 radical (unpaired) electrons. The van der Waals surface area contributed by atoms with E-state index in [0.29, 0.717) is 18.0 Å². The van der Waals surface area contributed by atoms with Gasteiger partial charge in [-0.1, -0.05) is 24.3 Å². The molecule has 7 heteroatoms. The summed E-state index contributed by atoms with van der Waals surface area (Å²) in [5.74, 6) is 2.12. The van der Waals surface area contributed by atoms with Crippen molar-refractivity contribution < 1.29 is 19.0 Å². The summed E-state index contributed by atoms with van der Waals surface area (Å²) < 4.78 is 16.8. The van der Waals surface area contributed by atoms with E-state index in [0.717, 1.165) is 60.5 Å². The fraction of sp³-hybridized carbons (Fsp3) is 0.267. The number of carbonyl (C=O) groups is 1. The standard InChI is InChI=1S/C30H31N3O4/c1-35-27-18-22-13-16-33(20-23(22)19-28(27)36-2)15-5-17-37-25-10-8-24(9-11-25)32-30(34)29-26-7-4-3-6-21(26)12-14-31-29/h3-4,6-12,14,18-19H,5,13,15-17,20H2,1-2H3,(H,32,34). The van der Waals surface area contributed by atoms with Crippen LogP contribution in [-0.4, -0.2) is 49.7 Å². The quantitative estimate of drug-likeness (QED) is 0.315. The smallest absolute Gasteiger partial charge is 0.274 e. The maximum Gasteiger partial charge on any atom is 0.274 e. The van der Waals surface area contributed by atoms with Gasteiger partial charge in [0.1, 0.15) is 11.4 Å². The third-order valence-electron chi connectivity index (χ3n) is 6.69. The molecule has 0 unspecified atom stereocenters. The first-order valence-corrected chi connectivity index (χ1v) is 12.5. The average molecular weight is 498 g/mol. The zero-order chi connectivity index (χ0) is 25.6. The maximum absolute atomic E-state index is 12.8. The number of benzene rings is 3. The van der Waals surface area contributed by atoms with Gasteiger partial charge in [-0.3, -0.25) is 14.7 Å². The van der Waals surface area contributed by atoms with Gasteiger partial charge in [0, 0.05) is 36.9 Å². The highest BCUT2D eigenvalue weighted by Gasteiger charge is 2.19. The molecule has 1 N–H and O–H groups in total. The number of anilines is 1. The molecule has 3 aromatic carbocycles. The molecule has 190 valence electrons. The highest BCUT2D eigenvalue weighted by molar-refractivity contribution is 6.11. The Morgan fingerprint density at radius 2 is 1.73 bits per heavy atom. The van der Waals surface area contributed by atoms with Crippen LogP contribution in [0, 0.1) is 0 Å². The molecule has 1 aliphatic rings. The molecule has 0 saturated carbocycles. The number of ether oxygens (including phenoxy) is 3. The van der Waals surface area contributed by atoms with Gasteiger partial charge in [0.25, 0.3) is 5.91 Å². The number of pyridine rings is 1. The third kappa shape index (κ3) is 5.67. The predicted molar refractivity (Wildman–Crippen MR) is 145 cm³/mol. The summed E-state index contributed by atoms with van der Waals surface area (Å²) >= 11 is 0. The van der Waals surface area contributed by atoms with Gasteiger partial charge in [0.05, 0.1) is 20.8 Å². The summed E-state index contributed by atoms with van der Waals surface area (Å²) in [5, 5.41) is 4.75. The van der Waals surface area contributed by atoms with Crippen LogP contribution in [0.2, 0.25) is 0 Å². The number of fused-ring (bicyclic) bond motifs is 2. The maximum atomic E-state index is 12.8. The molecular weight excluding hydrogens is 466 g/mol. The molecule has 7 nitrogen and oxygen atoms in total. The van der Waals surface area contributed by atoms with Crippen molar-refractivity contribution in [3.63, 3.8) is 0 Å². The second-order valence-corrected chi connectivity index (χ2v) is 9.06. The van der Waals surface area contributed by atoms with Crippen LogP contribution in [0.4, 0.5) is 5.69 Å². The molecule has 0 saturated heterocycles. The SMILES string of the molecule is COc1cc2c(cc1OC)CN(CCCOc1ccc(NC(=O)c3nccc4ccccc34)cc1)CC2. The highest BCUT2D eigenvalue weighted by Crippen LogP contribution is 2.33. The summed E-state index contributed by atoms with van der Waals surface area (Å²) in [6.07, 6.45) is 3.58. The van der Waals surface area contributed by atoms with Crippen molar-refractivity contribution >= 4 is 22.4 Å². The molecule has 0 aliphatic carbocycles. The van der Waals surface area contributed by atoms with Gasteiger partial charge in [-0.25, -0.2) is 0 Å². The van der Waals surface area contributed by atoms with Gasteiger partial charge in [0.2, 0.25) is 0 Å². The van der Waals surface area contributed by atoms with Crippen LogP contribution in [-0.2, 0) is 13.0 Å². The monoisotopic (exact) mass is 497 g/mol. The Labute approximate surface area is 217 Å². The summed E-state index contributed by atoms with van der Waals surface area (Å²) in [7, 11) is 3.34. The Balaban J connectivity index is 1.10. The van der Waals surface area contributed by atoms with Gasteiger partial charge in [-0.15, -0.1) is 0 Å². The first-order valence-electron chi connectivity index (χ1n) is 12.5. The number of hydrogen-bond donors (Lipinski definition) is 1. The molecule has 0 bridgehead atoms. The molecule has 0 fully saturated rings. The summed E-state index contributed by atoms with van der Waals surface area (Å²) in [5.41, 5.74) is 3.73. The van der Waals surface area contributed by atoms with Crippen molar-refractivity contribution in [2.24, 2.45) is 0 Å². The van der Waals surface area contributed by atoms with Crippen LogP contribution < -0.4 is 19.5 Å². The number of methoxy groups -OCH3 is 2. The number of rotatable bonds is 9. The lowest BCUT2D eigenvalue weighted by molar-refractivity contribution is 0.102. The molecule has 1 amide bonds. The number of aromatic nitrogens is 1. The van der Waals surface area contributed by atoms with Crippen LogP contribution >= 0.6 is 0 Å². The predicted octanol–water partition coefficient (Wildman–Crippen LogP) is 5.33. The van der Waals surface area contributed by atoms with Gasteiger partial charge in [-0.2, -0.15) is 0 Å². The van der Waals surface area contributed by atoms with E-state index in [4.69, 9.17) is 14.2 Å². The molecule has 1 aromatic heterocycles. The topological polar surface area (TPSA) is 72.9 Å². The molecule has 4 aromatic rings. The van der Waals surface area contributed by atoms with Crippen LogP contribution in [0.25, 0.3) is 10.8 Å². The molecule has 2 heterocycles. The van der Waals surface area contributed by atoms with E-state index >= 15 is 0 Å². The minimum absolute atomic E-state index is 0.232. The Morgan fingerprint density at radius 3 is 2.51 bits per heavy atom. The second-order valence-electron chi connectivity index (χ2n) is 9.06.